The van der Waals surface area contributed by atoms with Crippen LogP contribution in [0.1, 0.15) is 36.8 Å². The van der Waals surface area contributed by atoms with E-state index in [1.54, 1.807) is 18.2 Å². The SMILES string of the molecule is CS(=O)(=O)N(CC(=O)N(Cc1ccc(Cl)c(Cl)c1)[C@H](Cc1ccccc1)C(=O)NC1CCCC1)c1ccc(F)c(F)c1. The van der Waals surface area contributed by atoms with Crippen molar-refractivity contribution in [2.75, 3.05) is 17.1 Å². The lowest BCUT2D eigenvalue weighted by atomic mass is 10.0. The van der Waals surface area contributed by atoms with Gasteiger partial charge in [0.15, 0.2) is 11.6 Å². The molecule has 3 aromatic carbocycles. The number of benzene rings is 3. The molecule has 0 saturated heterocycles. The van der Waals surface area contributed by atoms with Gasteiger partial charge in [-0.3, -0.25) is 13.9 Å². The summed E-state index contributed by atoms with van der Waals surface area (Å²) in [7, 11) is -4.13. The first kappa shape index (κ1) is 31.7. The zero-order valence-corrected chi connectivity index (χ0v) is 25.2. The summed E-state index contributed by atoms with van der Waals surface area (Å²) in [5.41, 5.74) is 1.12. The molecule has 3 aromatic rings. The lowest BCUT2D eigenvalue weighted by Crippen LogP contribution is -2.54. The van der Waals surface area contributed by atoms with Crippen molar-refractivity contribution in [1.29, 1.82) is 0 Å². The Bertz CT molecular complexity index is 1540. The lowest BCUT2D eigenvalue weighted by molar-refractivity contribution is -0.140. The molecule has 1 saturated carbocycles. The van der Waals surface area contributed by atoms with E-state index < -0.39 is 40.2 Å². The highest BCUT2D eigenvalue weighted by Gasteiger charge is 2.34. The van der Waals surface area contributed by atoms with E-state index in [1.807, 2.05) is 30.3 Å². The predicted molar refractivity (Wildman–Crippen MR) is 160 cm³/mol. The van der Waals surface area contributed by atoms with Crippen molar-refractivity contribution in [2.45, 2.75) is 50.7 Å². The van der Waals surface area contributed by atoms with E-state index in [0.717, 1.165) is 49.6 Å². The molecule has 12 heteroatoms. The number of hydrogen-bond acceptors (Lipinski definition) is 4. The second-order valence-corrected chi connectivity index (χ2v) is 13.1. The van der Waals surface area contributed by atoms with Gasteiger partial charge >= 0.3 is 0 Å². The van der Waals surface area contributed by atoms with Gasteiger partial charge in [-0.05, 0) is 48.2 Å². The van der Waals surface area contributed by atoms with E-state index >= 15 is 0 Å². The van der Waals surface area contributed by atoms with Crippen LogP contribution in [0.25, 0.3) is 0 Å². The number of carbonyl (C=O) groups is 2. The number of nitrogens with zero attached hydrogens (tertiary/aromatic N) is 2. The molecule has 0 heterocycles. The van der Waals surface area contributed by atoms with Crippen molar-refractivity contribution in [3.8, 4) is 0 Å². The van der Waals surface area contributed by atoms with Gasteiger partial charge in [-0.25, -0.2) is 17.2 Å². The number of carbonyl (C=O) groups excluding carboxylic acids is 2. The largest absolute Gasteiger partial charge is 0.352 e. The summed E-state index contributed by atoms with van der Waals surface area (Å²) < 4.78 is 54.0. The molecule has 0 unspecified atom stereocenters. The number of sulfonamides is 1. The average Bonchev–Trinajstić information content (AvgIpc) is 3.45. The summed E-state index contributed by atoms with van der Waals surface area (Å²) in [5, 5.41) is 3.62. The zero-order valence-electron chi connectivity index (χ0n) is 22.9. The molecule has 0 radical (unpaired) electrons. The minimum Gasteiger partial charge on any atom is -0.352 e. The van der Waals surface area contributed by atoms with Crippen LogP contribution in [-0.4, -0.2) is 50.0 Å². The maximum Gasteiger partial charge on any atom is 0.244 e. The van der Waals surface area contributed by atoms with Gasteiger partial charge in [-0.2, -0.15) is 0 Å². The first-order valence-corrected chi connectivity index (χ1v) is 16.0. The third-order valence-corrected chi connectivity index (χ3v) is 9.06. The van der Waals surface area contributed by atoms with Crippen LogP contribution >= 0.6 is 23.2 Å². The summed E-state index contributed by atoms with van der Waals surface area (Å²) in [6.45, 7) is -0.853. The van der Waals surface area contributed by atoms with E-state index in [9.17, 15) is 26.8 Å². The van der Waals surface area contributed by atoms with E-state index in [4.69, 9.17) is 23.2 Å². The van der Waals surface area contributed by atoms with E-state index in [-0.39, 0.29) is 35.6 Å². The second-order valence-electron chi connectivity index (χ2n) is 10.3. The van der Waals surface area contributed by atoms with E-state index in [1.165, 1.54) is 4.90 Å². The van der Waals surface area contributed by atoms with Crippen LogP contribution in [0.15, 0.2) is 66.7 Å². The van der Waals surface area contributed by atoms with Crippen molar-refractivity contribution >= 4 is 50.7 Å². The number of halogens is 4. The Morgan fingerprint density at radius 1 is 0.929 bits per heavy atom. The molecule has 1 fully saturated rings. The zero-order chi connectivity index (χ0) is 30.4. The first-order valence-electron chi connectivity index (χ1n) is 13.4. The first-order chi connectivity index (χ1) is 19.9. The van der Waals surface area contributed by atoms with Crippen LogP contribution < -0.4 is 9.62 Å². The monoisotopic (exact) mass is 637 g/mol. The summed E-state index contributed by atoms with van der Waals surface area (Å²) in [5.74, 6) is -3.53. The highest BCUT2D eigenvalue weighted by molar-refractivity contribution is 7.92. The Labute approximate surface area is 254 Å². The van der Waals surface area contributed by atoms with Crippen LogP contribution in [-0.2, 0) is 32.6 Å². The Balaban J connectivity index is 1.74. The van der Waals surface area contributed by atoms with Gasteiger partial charge < -0.3 is 10.2 Å². The fraction of sp³-hybridized carbons (Fsp3) is 0.333. The fourth-order valence-electron chi connectivity index (χ4n) is 5.01. The molecule has 7 nitrogen and oxygen atoms in total. The third kappa shape index (κ3) is 8.20. The smallest absolute Gasteiger partial charge is 0.244 e. The summed E-state index contributed by atoms with van der Waals surface area (Å²) in [6, 6.07) is 15.5. The molecule has 0 spiro atoms. The van der Waals surface area contributed by atoms with Crippen LogP contribution in [0, 0.1) is 11.6 Å². The van der Waals surface area contributed by atoms with E-state index in [0.29, 0.717) is 21.0 Å². The number of amides is 2. The van der Waals surface area contributed by atoms with Gasteiger partial charge in [0, 0.05) is 25.1 Å². The molecule has 0 bridgehead atoms. The summed E-state index contributed by atoms with van der Waals surface area (Å²) >= 11 is 12.3. The highest BCUT2D eigenvalue weighted by atomic mass is 35.5. The highest BCUT2D eigenvalue weighted by Crippen LogP contribution is 2.26. The van der Waals surface area contributed by atoms with Crippen molar-refractivity contribution in [1.82, 2.24) is 10.2 Å². The van der Waals surface area contributed by atoms with Crippen molar-refractivity contribution in [3.63, 3.8) is 0 Å². The maximum atomic E-state index is 14.1. The fourth-order valence-corrected chi connectivity index (χ4v) is 6.17. The van der Waals surface area contributed by atoms with Crippen molar-refractivity contribution in [2.24, 2.45) is 0 Å². The van der Waals surface area contributed by atoms with Crippen molar-refractivity contribution < 1.29 is 26.8 Å². The maximum absolute atomic E-state index is 14.1. The Morgan fingerprint density at radius 2 is 1.62 bits per heavy atom. The number of anilines is 1. The van der Waals surface area contributed by atoms with Gasteiger partial charge in [-0.15, -0.1) is 0 Å². The molecule has 4 rings (SSSR count). The van der Waals surface area contributed by atoms with Crippen LogP contribution in [0.5, 0.6) is 0 Å². The normalized spacial score (nSPS) is 14.4. The Hall–Kier alpha value is -3.21. The molecular formula is C30H31Cl2F2N3O4S. The summed E-state index contributed by atoms with van der Waals surface area (Å²) in [6.07, 6.45) is 4.62. The molecular weight excluding hydrogens is 607 g/mol. The topological polar surface area (TPSA) is 86.8 Å². The van der Waals surface area contributed by atoms with Gasteiger partial charge in [0.05, 0.1) is 22.0 Å². The van der Waals surface area contributed by atoms with Gasteiger partial charge in [0.25, 0.3) is 0 Å². The van der Waals surface area contributed by atoms with Gasteiger partial charge in [0.1, 0.15) is 12.6 Å². The number of rotatable bonds is 11. The van der Waals surface area contributed by atoms with Gasteiger partial charge in [-0.1, -0.05) is 72.4 Å². The lowest BCUT2D eigenvalue weighted by Gasteiger charge is -2.34. The predicted octanol–water partition coefficient (Wildman–Crippen LogP) is 5.74. The standard InChI is InChI=1S/C30H31Cl2F2N3O4S/c1-42(40,41)37(23-12-14-26(33)27(34)17-23)19-29(38)36(18-21-11-13-24(31)25(32)15-21)28(16-20-7-3-2-4-8-20)30(39)35-22-9-5-6-10-22/h2-4,7-8,11-15,17,22,28H,5-6,9-10,16,18-19H2,1H3,(H,35,39)/t28-/m1/s1. The molecule has 2 amide bonds. The van der Waals surface area contributed by atoms with Crippen LogP contribution in [0.4, 0.5) is 14.5 Å². The Kier molecular flexibility index (Phi) is 10.5. The Morgan fingerprint density at radius 3 is 2.24 bits per heavy atom. The number of hydrogen-bond donors (Lipinski definition) is 1. The van der Waals surface area contributed by atoms with Crippen molar-refractivity contribution in [3.05, 3.63) is 99.5 Å². The summed E-state index contributed by atoms with van der Waals surface area (Å²) in [4.78, 5) is 29.2. The molecule has 1 N–H and O–H groups in total. The molecule has 0 aliphatic heterocycles. The second kappa shape index (κ2) is 13.8. The number of nitrogens with one attached hydrogen (secondary N) is 1. The molecule has 1 aliphatic carbocycles. The molecule has 224 valence electrons. The van der Waals surface area contributed by atoms with Crippen LogP contribution in [0.2, 0.25) is 10.0 Å². The molecule has 1 atom stereocenters. The molecule has 1 aliphatic rings. The minimum atomic E-state index is -4.13. The van der Waals surface area contributed by atoms with Crippen LogP contribution in [0.3, 0.4) is 0 Å². The minimum absolute atomic E-state index is 0.0348. The third-order valence-electron chi connectivity index (χ3n) is 7.18. The quantitative estimate of drug-likeness (QED) is 0.291. The molecule has 0 aromatic heterocycles. The average molecular weight is 639 g/mol. The van der Waals surface area contributed by atoms with Gasteiger partial charge in [0.2, 0.25) is 21.8 Å². The van der Waals surface area contributed by atoms with E-state index in [2.05, 4.69) is 5.32 Å². The molecule has 42 heavy (non-hydrogen) atoms.